The molecule has 0 radical (unpaired) electrons. The Kier molecular flexibility index (Phi) is 2.54. The minimum Gasteiger partial charge on any atom is -0.316 e. The lowest BCUT2D eigenvalue weighted by Gasteiger charge is -2.27. The molecule has 0 aliphatic carbocycles. The summed E-state index contributed by atoms with van der Waals surface area (Å²) in [5.41, 5.74) is 2.26. The molecular formula is C13H13ClN2. The molecular weight excluding hydrogens is 220 g/mol. The number of hydrogen-bond acceptors (Lipinski definition) is 2. The first-order valence-corrected chi connectivity index (χ1v) is 5.95. The highest BCUT2D eigenvalue weighted by atomic mass is 35.5. The molecule has 2 nitrogen and oxygen atoms in total. The van der Waals surface area contributed by atoms with E-state index < -0.39 is 0 Å². The highest BCUT2D eigenvalue weighted by molar-refractivity contribution is 6.32. The monoisotopic (exact) mass is 232 g/mol. The van der Waals surface area contributed by atoms with Gasteiger partial charge in [-0.3, -0.25) is 4.98 Å². The zero-order chi connectivity index (χ0) is 11.0. The number of nitrogens with zero attached hydrogens (tertiary/aromatic N) is 1. The van der Waals surface area contributed by atoms with Crippen LogP contribution in [-0.4, -0.2) is 18.1 Å². The van der Waals surface area contributed by atoms with Crippen LogP contribution in [-0.2, 0) is 6.42 Å². The smallest absolute Gasteiger partial charge is 0.0748 e. The standard InChI is InChI=1S/C13H13ClN2/c14-12-4-3-10-2-1-5-16-13(10)11(12)6-9-7-15-8-9/h1-5,9,15H,6-8H2. The molecule has 0 spiro atoms. The van der Waals surface area contributed by atoms with Crippen molar-refractivity contribution in [1.29, 1.82) is 0 Å². The van der Waals surface area contributed by atoms with Gasteiger partial charge in [0.05, 0.1) is 5.52 Å². The summed E-state index contributed by atoms with van der Waals surface area (Å²) < 4.78 is 0. The van der Waals surface area contributed by atoms with Gasteiger partial charge >= 0.3 is 0 Å². The van der Waals surface area contributed by atoms with Crippen LogP contribution in [0.5, 0.6) is 0 Å². The minimum absolute atomic E-state index is 0.713. The average Bonchev–Trinajstić information content (AvgIpc) is 2.25. The number of pyridine rings is 1. The van der Waals surface area contributed by atoms with Gasteiger partial charge in [0.2, 0.25) is 0 Å². The number of hydrogen-bond donors (Lipinski definition) is 1. The molecule has 0 amide bonds. The number of halogens is 1. The van der Waals surface area contributed by atoms with Crippen LogP contribution in [0.25, 0.3) is 10.9 Å². The van der Waals surface area contributed by atoms with E-state index >= 15 is 0 Å². The van der Waals surface area contributed by atoms with E-state index in [-0.39, 0.29) is 0 Å². The summed E-state index contributed by atoms with van der Waals surface area (Å²) >= 11 is 6.27. The van der Waals surface area contributed by atoms with E-state index in [1.165, 1.54) is 10.9 Å². The summed E-state index contributed by atoms with van der Waals surface area (Å²) in [6.45, 7) is 2.19. The predicted molar refractivity (Wildman–Crippen MR) is 66.8 cm³/mol. The number of fused-ring (bicyclic) bond motifs is 1. The minimum atomic E-state index is 0.713. The number of aromatic nitrogens is 1. The maximum atomic E-state index is 6.27. The molecule has 1 fully saturated rings. The first-order valence-electron chi connectivity index (χ1n) is 5.57. The van der Waals surface area contributed by atoms with Crippen molar-refractivity contribution in [2.24, 2.45) is 5.92 Å². The third-order valence-corrected chi connectivity index (χ3v) is 3.54. The molecule has 0 bridgehead atoms. The van der Waals surface area contributed by atoms with Crippen LogP contribution in [0.2, 0.25) is 5.02 Å². The molecule has 16 heavy (non-hydrogen) atoms. The Morgan fingerprint density at radius 2 is 2.19 bits per heavy atom. The van der Waals surface area contributed by atoms with Gasteiger partial charge in [-0.05, 0) is 43.1 Å². The lowest BCUT2D eigenvalue weighted by molar-refractivity contribution is 0.347. The van der Waals surface area contributed by atoms with Gasteiger partial charge in [0.1, 0.15) is 0 Å². The van der Waals surface area contributed by atoms with E-state index in [4.69, 9.17) is 11.6 Å². The van der Waals surface area contributed by atoms with Gasteiger partial charge in [-0.25, -0.2) is 0 Å². The summed E-state index contributed by atoms with van der Waals surface area (Å²) in [6.07, 6.45) is 2.86. The third-order valence-electron chi connectivity index (χ3n) is 3.18. The van der Waals surface area contributed by atoms with Crippen molar-refractivity contribution in [2.75, 3.05) is 13.1 Å². The van der Waals surface area contributed by atoms with Crippen LogP contribution < -0.4 is 5.32 Å². The Balaban J connectivity index is 2.08. The van der Waals surface area contributed by atoms with Crippen LogP contribution in [0, 0.1) is 5.92 Å². The molecule has 82 valence electrons. The number of nitrogens with one attached hydrogen (secondary N) is 1. The second-order valence-electron chi connectivity index (χ2n) is 4.33. The van der Waals surface area contributed by atoms with Crippen LogP contribution in [0.4, 0.5) is 0 Å². The quantitative estimate of drug-likeness (QED) is 0.861. The molecule has 1 saturated heterocycles. The third kappa shape index (κ3) is 1.68. The normalized spacial score (nSPS) is 16.3. The number of benzene rings is 1. The van der Waals surface area contributed by atoms with Crippen LogP contribution in [0.15, 0.2) is 30.5 Å². The molecule has 3 heteroatoms. The largest absolute Gasteiger partial charge is 0.316 e. The fraction of sp³-hybridized carbons (Fsp3) is 0.308. The van der Waals surface area contributed by atoms with Crippen molar-refractivity contribution in [3.05, 3.63) is 41.0 Å². The molecule has 2 heterocycles. The molecule has 1 N–H and O–H groups in total. The van der Waals surface area contributed by atoms with Crippen LogP contribution in [0.1, 0.15) is 5.56 Å². The number of rotatable bonds is 2. The van der Waals surface area contributed by atoms with E-state index in [9.17, 15) is 0 Å². The second-order valence-corrected chi connectivity index (χ2v) is 4.74. The Hall–Kier alpha value is -1.12. The van der Waals surface area contributed by atoms with Crippen molar-refractivity contribution < 1.29 is 0 Å². The van der Waals surface area contributed by atoms with E-state index in [1.807, 2.05) is 24.4 Å². The molecule has 1 aromatic heterocycles. The van der Waals surface area contributed by atoms with Crippen molar-refractivity contribution in [3.63, 3.8) is 0 Å². The van der Waals surface area contributed by atoms with Crippen molar-refractivity contribution >= 4 is 22.5 Å². The molecule has 2 aromatic rings. The van der Waals surface area contributed by atoms with Gasteiger partial charge < -0.3 is 5.32 Å². The van der Waals surface area contributed by atoms with E-state index in [0.29, 0.717) is 5.92 Å². The molecule has 1 aliphatic rings. The molecule has 0 saturated carbocycles. The summed E-state index contributed by atoms with van der Waals surface area (Å²) in [6, 6.07) is 8.06. The van der Waals surface area contributed by atoms with Gasteiger partial charge in [0.15, 0.2) is 0 Å². The summed E-state index contributed by atoms with van der Waals surface area (Å²) in [5.74, 6) is 0.713. The zero-order valence-electron chi connectivity index (χ0n) is 8.91. The lowest BCUT2D eigenvalue weighted by Crippen LogP contribution is -2.43. The Morgan fingerprint density at radius 1 is 1.31 bits per heavy atom. The Morgan fingerprint density at radius 3 is 2.94 bits per heavy atom. The molecule has 0 atom stereocenters. The van der Waals surface area contributed by atoms with Gasteiger partial charge in [-0.2, -0.15) is 0 Å². The summed E-state index contributed by atoms with van der Waals surface area (Å²) in [4.78, 5) is 4.45. The van der Waals surface area contributed by atoms with Gasteiger partial charge in [0, 0.05) is 16.6 Å². The lowest BCUT2D eigenvalue weighted by atomic mass is 9.93. The Labute approximate surface area is 99.6 Å². The van der Waals surface area contributed by atoms with Crippen molar-refractivity contribution in [3.8, 4) is 0 Å². The zero-order valence-corrected chi connectivity index (χ0v) is 9.67. The van der Waals surface area contributed by atoms with Gasteiger partial charge in [0.25, 0.3) is 0 Å². The van der Waals surface area contributed by atoms with Crippen molar-refractivity contribution in [2.45, 2.75) is 6.42 Å². The first kappa shape index (κ1) is 10.1. The average molecular weight is 233 g/mol. The topological polar surface area (TPSA) is 24.9 Å². The SMILES string of the molecule is Clc1ccc2cccnc2c1CC1CNC1. The summed E-state index contributed by atoms with van der Waals surface area (Å²) in [5, 5.41) is 5.31. The highest BCUT2D eigenvalue weighted by Crippen LogP contribution is 2.27. The van der Waals surface area contributed by atoms with E-state index in [0.717, 1.165) is 30.0 Å². The molecule has 0 unspecified atom stereocenters. The van der Waals surface area contributed by atoms with Gasteiger partial charge in [-0.15, -0.1) is 0 Å². The van der Waals surface area contributed by atoms with Crippen LogP contribution in [0.3, 0.4) is 0 Å². The first-order chi connectivity index (χ1) is 7.84. The molecule has 1 aromatic carbocycles. The van der Waals surface area contributed by atoms with Gasteiger partial charge in [-0.1, -0.05) is 23.7 Å². The summed E-state index contributed by atoms with van der Waals surface area (Å²) in [7, 11) is 0. The molecule has 1 aliphatic heterocycles. The predicted octanol–water partition coefficient (Wildman–Crippen LogP) is 2.65. The van der Waals surface area contributed by atoms with E-state index in [2.05, 4.69) is 16.4 Å². The fourth-order valence-electron chi connectivity index (χ4n) is 2.16. The van der Waals surface area contributed by atoms with Crippen LogP contribution >= 0.6 is 11.6 Å². The maximum Gasteiger partial charge on any atom is 0.0748 e. The van der Waals surface area contributed by atoms with E-state index in [1.54, 1.807) is 0 Å². The van der Waals surface area contributed by atoms with Crippen molar-refractivity contribution in [1.82, 2.24) is 10.3 Å². The Bertz CT molecular complexity index is 520. The second kappa shape index (κ2) is 4.04. The maximum absolute atomic E-state index is 6.27. The fourth-order valence-corrected chi connectivity index (χ4v) is 2.39. The highest BCUT2D eigenvalue weighted by Gasteiger charge is 2.19. The molecule has 3 rings (SSSR count).